The van der Waals surface area contributed by atoms with Crippen LogP contribution in [0.4, 0.5) is 0 Å². The molecule has 0 radical (unpaired) electrons. The van der Waals surface area contributed by atoms with Crippen molar-refractivity contribution in [2.45, 2.75) is 18.8 Å². The predicted octanol–water partition coefficient (Wildman–Crippen LogP) is 0.501. The molecule has 7 heteroatoms. The molecule has 1 rings (SSSR count). The van der Waals surface area contributed by atoms with Crippen molar-refractivity contribution in [3.05, 3.63) is 0 Å². The van der Waals surface area contributed by atoms with Crippen molar-refractivity contribution in [2.24, 2.45) is 17.8 Å². The number of ether oxygens (including phenoxy) is 4. The average molecular weight is 314 g/mol. The predicted molar refractivity (Wildman–Crippen MR) is 78.8 cm³/mol. The fourth-order valence-corrected chi connectivity index (χ4v) is 3.13. The van der Waals surface area contributed by atoms with E-state index in [-0.39, 0.29) is 30.6 Å². The Labute approximate surface area is 132 Å². The minimum Gasteiger partial charge on any atom is -0.359 e. The van der Waals surface area contributed by atoms with Crippen LogP contribution in [0.15, 0.2) is 0 Å². The van der Waals surface area contributed by atoms with E-state index in [1.807, 2.05) is 11.9 Å². The van der Waals surface area contributed by atoms with Crippen LogP contribution in [0.3, 0.4) is 0 Å². The van der Waals surface area contributed by atoms with Crippen molar-refractivity contribution in [3.8, 4) is 6.07 Å². The van der Waals surface area contributed by atoms with Crippen molar-refractivity contribution < 1.29 is 23.7 Å². The summed E-state index contributed by atoms with van der Waals surface area (Å²) in [6.45, 7) is 1.06. The second-order valence-corrected chi connectivity index (χ2v) is 5.54. The zero-order valence-corrected chi connectivity index (χ0v) is 13.7. The summed E-state index contributed by atoms with van der Waals surface area (Å²) in [6.07, 6.45) is 1.07. The molecule has 0 aliphatic carbocycles. The number of nitriles is 1. The highest BCUT2D eigenvalue weighted by molar-refractivity contribution is 5.58. The number of likely N-dealkylation sites (tertiary alicyclic amines) is 1. The molecular weight excluding hydrogens is 288 g/mol. The van der Waals surface area contributed by atoms with Gasteiger partial charge in [0.05, 0.1) is 24.6 Å². The molecule has 7 nitrogen and oxygen atoms in total. The van der Waals surface area contributed by atoms with Crippen LogP contribution in [0, 0.1) is 29.1 Å². The van der Waals surface area contributed by atoms with Gasteiger partial charge < -0.3 is 23.7 Å². The van der Waals surface area contributed by atoms with E-state index in [4.69, 9.17) is 18.9 Å². The first kappa shape index (κ1) is 19.0. The summed E-state index contributed by atoms with van der Waals surface area (Å²) < 4.78 is 20.9. The zero-order chi connectivity index (χ0) is 16.5. The molecule has 0 saturated carbocycles. The Morgan fingerprint density at radius 3 is 2.50 bits per heavy atom. The van der Waals surface area contributed by atoms with Crippen LogP contribution >= 0.6 is 0 Å². The number of piperidine rings is 1. The van der Waals surface area contributed by atoms with Gasteiger partial charge in [-0.15, -0.1) is 0 Å². The third kappa shape index (κ3) is 4.73. The first-order chi connectivity index (χ1) is 10.6. The maximum atomic E-state index is 11.5. The highest BCUT2D eigenvalue weighted by Gasteiger charge is 2.43. The minimum atomic E-state index is -0.401. The number of hydrogen-bond acceptors (Lipinski definition) is 7. The molecule has 0 aromatic carbocycles. The van der Waals surface area contributed by atoms with Gasteiger partial charge in [0.15, 0.2) is 6.29 Å². The Balaban J connectivity index is 2.93. The average Bonchev–Trinajstić information content (AvgIpc) is 2.53. The highest BCUT2D eigenvalue weighted by Crippen LogP contribution is 2.35. The fraction of sp³-hybridized carbons (Fsp3) is 0.867. The summed E-state index contributed by atoms with van der Waals surface area (Å²) in [5.41, 5.74) is 0. The van der Waals surface area contributed by atoms with Crippen LogP contribution < -0.4 is 0 Å². The van der Waals surface area contributed by atoms with Gasteiger partial charge in [0.1, 0.15) is 13.1 Å². The topological polar surface area (TPSA) is 81.0 Å². The van der Waals surface area contributed by atoms with E-state index >= 15 is 0 Å². The van der Waals surface area contributed by atoms with Gasteiger partial charge in [0.2, 0.25) is 0 Å². The summed E-state index contributed by atoms with van der Waals surface area (Å²) in [5, 5.41) is 9.47. The molecule has 4 atom stereocenters. The maximum Gasteiger partial charge on any atom is 0.157 e. The standard InChI is InChI=1S/C15H26N2O5/c1-17-7-11(6-16)12(5-15(20-3)21-4)13(14(17)8-18)9-22-10-19-2/h8,11-15H,5,7,9-10H2,1-4H3/t11-,12-,13-,14-/m0/s1. The van der Waals surface area contributed by atoms with Crippen molar-refractivity contribution in [1.82, 2.24) is 4.90 Å². The summed E-state index contributed by atoms with van der Waals surface area (Å²) >= 11 is 0. The molecule has 0 amide bonds. The lowest BCUT2D eigenvalue weighted by molar-refractivity contribution is -0.142. The molecule has 0 aromatic heterocycles. The van der Waals surface area contributed by atoms with Gasteiger partial charge in [-0.25, -0.2) is 0 Å². The maximum absolute atomic E-state index is 11.5. The Morgan fingerprint density at radius 1 is 1.32 bits per heavy atom. The lowest BCUT2D eigenvalue weighted by atomic mass is 9.72. The molecule has 1 saturated heterocycles. The van der Waals surface area contributed by atoms with E-state index in [1.165, 1.54) is 0 Å². The smallest absolute Gasteiger partial charge is 0.157 e. The molecule has 0 aromatic rings. The molecule has 22 heavy (non-hydrogen) atoms. The quantitative estimate of drug-likeness (QED) is 0.348. The number of carbonyl (C=O) groups excluding carboxylic acids is 1. The molecule has 0 bridgehead atoms. The van der Waals surface area contributed by atoms with E-state index in [1.54, 1.807) is 21.3 Å². The number of methoxy groups -OCH3 is 3. The van der Waals surface area contributed by atoms with Gasteiger partial charge in [-0.1, -0.05) is 0 Å². The summed E-state index contributed by atoms with van der Waals surface area (Å²) in [4.78, 5) is 13.4. The first-order valence-corrected chi connectivity index (χ1v) is 7.30. The third-order valence-electron chi connectivity index (χ3n) is 4.31. The van der Waals surface area contributed by atoms with Gasteiger partial charge in [-0.2, -0.15) is 5.26 Å². The summed E-state index contributed by atoms with van der Waals surface area (Å²) in [6, 6.07) is 2.06. The van der Waals surface area contributed by atoms with Crippen molar-refractivity contribution >= 4 is 6.29 Å². The first-order valence-electron chi connectivity index (χ1n) is 7.30. The van der Waals surface area contributed by atoms with Gasteiger partial charge in [-0.05, 0) is 13.0 Å². The number of hydrogen-bond donors (Lipinski definition) is 0. The van der Waals surface area contributed by atoms with Gasteiger partial charge >= 0.3 is 0 Å². The Morgan fingerprint density at radius 2 is 2.00 bits per heavy atom. The molecule has 0 spiro atoms. The molecule has 126 valence electrons. The Bertz CT molecular complexity index is 369. The number of rotatable bonds is 9. The van der Waals surface area contributed by atoms with Crippen LogP contribution in [0.2, 0.25) is 0 Å². The van der Waals surface area contributed by atoms with Crippen LogP contribution in [-0.4, -0.2) is 71.8 Å². The van der Waals surface area contributed by atoms with Crippen LogP contribution in [0.1, 0.15) is 6.42 Å². The minimum absolute atomic E-state index is 0.0434. The van der Waals surface area contributed by atoms with E-state index in [0.29, 0.717) is 19.6 Å². The largest absolute Gasteiger partial charge is 0.359 e. The van der Waals surface area contributed by atoms with Crippen LogP contribution in [0.5, 0.6) is 0 Å². The molecular formula is C15H26N2O5. The van der Waals surface area contributed by atoms with E-state index in [0.717, 1.165) is 6.29 Å². The second kappa shape index (κ2) is 9.87. The van der Waals surface area contributed by atoms with Gasteiger partial charge in [0, 0.05) is 40.2 Å². The number of nitrogens with zero attached hydrogens (tertiary/aromatic N) is 2. The molecule has 1 fully saturated rings. The number of likely N-dealkylation sites (N-methyl/N-ethyl adjacent to an activating group) is 1. The van der Waals surface area contributed by atoms with E-state index < -0.39 is 6.29 Å². The lowest BCUT2D eigenvalue weighted by Crippen LogP contribution is -2.54. The molecule has 0 N–H and O–H groups in total. The Kier molecular flexibility index (Phi) is 8.53. The molecule has 1 aliphatic heterocycles. The zero-order valence-electron chi connectivity index (χ0n) is 13.7. The third-order valence-corrected chi connectivity index (χ3v) is 4.31. The van der Waals surface area contributed by atoms with E-state index in [9.17, 15) is 10.1 Å². The summed E-state index contributed by atoms with van der Waals surface area (Å²) in [5.74, 6) is -0.354. The van der Waals surface area contributed by atoms with Crippen LogP contribution in [0.25, 0.3) is 0 Å². The van der Waals surface area contributed by atoms with E-state index in [2.05, 4.69) is 6.07 Å². The monoisotopic (exact) mass is 314 g/mol. The SMILES string of the molecule is COCOC[C@H]1[C@@H](CC(OC)OC)[C@@H](C#N)CN(C)[C@H]1C=O. The molecule has 1 heterocycles. The van der Waals surface area contributed by atoms with Crippen molar-refractivity contribution in [3.63, 3.8) is 0 Å². The second-order valence-electron chi connectivity index (χ2n) is 5.54. The number of carbonyl (C=O) groups is 1. The van der Waals surface area contributed by atoms with Crippen molar-refractivity contribution in [1.29, 1.82) is 5.26 Å². The highest BCUT2D eigenvalue weighted by atomic mass is 16.7. The van der Waals surface area contributed by atoms with Gasteiger partial charge in [0.25, 0.3) is 0 Å². The molecule has 0 unspecified atom stereocenters. The van der Waals surface area contributed by atoms with Crippen LogP contribution in [-0.2, 0) is 23.7 Å². The fourth-order valence-electron chi connectivity index (χ4n) is 3.13. The normalized spacial score (nSPS) is 29.5. The number of aldehydes is 1. The molecule has 1 aliphatic rings. The lowest BCUT2D eigenvalue weighted by Gasteiger charge is -2.44. The Hall–Kier alpha value is -1.04. The summed E-state index contributed by atoms with van der Waals surface area (Å²) in [7, 11) is 6.54. The van der Waals surface area contributed by atoms with Gasteiger partial charge in [-0.3, -0.25) is 4.90 Å². The van der Waals surface area contributed by atoms with Crippen molar-refractivity contribution in [2.75, 3.05) is 48.3 Å².